The Morgan fingerprint density at radius 1 is 1.75 bits per heavy atom. The zero-order chi connectivity index (χ0) is 5.70. The van der Waals surface area contributed by atoms with E-state index in [-0.39, 0.29) is 24.8 Å². The molecule has 0 aromatic carbocycles. The van der Waals surface area contributed by atoms with E-state index in [1.54, 1.807) is 0 Å². The molecular weight excluding hydrogens is 117 g/mol. The van der Waals surface area contributed by atoms with E-state index in [1.807, 2.05) is 0 Å². The summed E-state index contributed by atoms with van der Waals surface area (Å²) in [6, 6.07) is 0. The summed E-state index contributed by atoms with van der Waals surface area (Å²) in [5.41, 5.74) is 0. The van der Waals surface area contributed by atoms with Gasteiger partial charge >= 0.3 is 18.9 Å². The molecule has 4 heteroatoms. The molecule has 0 atom stereocenters. The average Bonchev–Trinajstić information content (AvgIpc) is 1.61. The van der Waals surface area contributed by atoms with E-state index in [9.17, 15) is 4.79 Å². The van der Waals surface area contributed by atoms with Gasteiger partial charge in [0, 0.05) is 13.1 Å². The average molecular weight is 125 g/mol. The second-order valence-corrected chi connectivity index (χ2v) is 1.31. The number of carbonyl (C=O) groups excluding carboxylic acids is 1. The third-order valence-electron chi connectivity index (χ3n) is 0.361. The van der Waals surface area contributed by atoms with Gasteiger partial charge in [-0.15, -0.1) is 12.6 Å². The van der Waals surface area contributed by atoms with Crippen molar-refractivity contribution in [3.05, 3.63) is 11.6 Å². The molecule has 0 aliphatic heterocycles. The van der Waals surface area contributed by atoms with Crippen molar-refractivity contribution in [1.29, 1.82) is 0 Å². The molecule has 0 aliphatic carbocycles. The van der Waals surface area contributed by atoms with Crippen molar-refractivity contribution in [2.24, 2.45) is 0 Å². The molecule has 0 saturated heterocycles. The number of amides is 1. The molecule has 0 spiro atoms. The number of nitrogens with one attached hydrogen (secondary N) is 1. The molecule has 0 unspecified atom stereocenters. The SMILES string of the molecule is CC(=O)N/C=C\S.[LiH]. The van der Waals surface area contributed by atoms with Crippen LogP contribution >= 0.6 is 12.6 Å². The predicted molar refractivity (Wildman–Crippen MR) is 39.1 cm³/mol. The zero-order valence-corrected chi connectivity index (χ0v) is 4.90. The van der Waals surface area contributed by atoms with Crippen molar-refractivity contribution in [2.75, 3.05) is 0 Å². The molecule has 0 radical (unpaired) electrons. The van der Waals surface area contributed by atoms with E-state index in [0.717, 1.165) is 0 Å². The fourth-order valence-corrected chi connectivity index (χ4v) is 0.229. The Hall–Kier alpha value is 0.157. The zero-order valence-electron chi connectivity index (χ0n) is 4.01. The molecule has 8 heavy (non-hydrogen) atoms. The molecule has 0 fully saturated rings. The van der Waals surface area contributed by atoms with E-state index in [0.29, 0.717) is 0 Å². The van der Waals surface area contributed by atoms with Gasteiger partial charge in [-0.1, -0.05) is 0 Å². The van der Waals surface area contributed by atoms with E-state index >= 15 is 0 Å². The third kappa shape index (κ3) is 9.48. The summed E-state index contributed by atoms with van der Waals surface area (Å²) >= 11 is 3.70. The number of hydrogen-bond acceptors (Lipinski definition) is 2. The number of carbonyl (C=O) groups is 1. The summed E-state index contributed by atoms with van der Waals surface area (Å²) in [4.78, 5) is 10.0. The van der Waals surface area contributed by atoms with Crippen molar-refractivity contribution in [3.8, 4) is 0 Å². The molecule has 42 valence electrons. The fourth-order valence-electron chi connectivity index (χ4n) is 0.155. The second kappa shape index (κ2) is 7.16. The van der Waals surface area contributed by atoms with Gasteiger partial charge in [0.1, 0.15) is 0 Å². The van der Waals surface area contributed by atoms with Gasteiger partial charge in [0.2, 0.25) is 5.91 Å². The van der Waals surface area contributed by atoms with Gasteiger partial charge < -0.3 is 5.32 Å². The molecule has 0 saturated carbocycles. The van der Waals surface area contributed by atoms with Crippen LogP contribution in [0.3, 0.4) is 0 Å². The first-order chi connectivity index (χ1) is 3.27. The number of rotatable bonds is 1. The topological polar surface area (TPSA) is 29.1 Å². The second-order valence-electron chi connectivity index (χ2n) is 1.02. The summed E-state index contributed by atoms with van der Waals surface area (Å²) in [6.07, 6.45) is 1.46. The molecule has 2 nitrogen and oxygen atoms in total. The summed E-state index contributed by atoms with van der Waals surface area (Å²) in [6.45, 7) is 1.44. The molecule has 0 aromatic heterocycles. The van der Waals surface area contributed by atoms with Gasteiger partial charge in [0.05, 0.1) is 0 Å². The molecule has 0 bridgehead atoms. The molecule has 0 heterocycles. The third-order valence-corrected chi connectivity index (χ3v) is 0.510. The quantitative estimate of drug-likeness (QED) is 0.371. The van der Waals surface area contributed by atoms with Gasteiger partial charge in [-0.3, -0.25) is 4.79 Å². The van der Waals surface area contributed by atoms with E-state index in [1.165, 1.54) is 18.5 Å². The van der Waals surface area contributed by atoms with Crippen molar-refractivity contribution >= 4 is 37.4 Å². The van der Waals surface area contributed by atoms with E-state index in [2.05, 4.69) is 17.9 Å². The van der Waals surface area contributed by atoms with Crippen LogP contribution in [0.25, 0.3) is 0 Å². The molecule has 1 amide bonds. The van der Waals surface area contributed by atoms with Crippen molar-refractivity contribution in [1.82, 2.24) is 5.32 Å². The van der Waals surface area contributed by atoms with Crippen molar-refractivity contribution < 1.29 is 4.79 Å². The van der Waals surface area contributed by atoms with Crippen LogP contribution in [0.2, 0.25) is 0 Å². The number of thiol groups is 1. The van der Waals surface area contributed by atoms with Crippen LogP contribution < -0.4 is 5.32 Å². The van der Waals surface area contributed by atoms with Gasteiger partial charge in [0.25, 0.3) is 0 Å². The summed E-state index contributed by atoms with van der Waals surface area (Å²) < 4.78 is 0. The first-order valence-corrected chi connectivity index (χ1v) is 2.35. The molecule has 0 rings (SSSR count). The maximum atomic E-state index is 10.0. The normalized spacial score (nSPS) is 8.25. The van der Waals surface area contributed by atoms with E-state index in [4.69, 9.17) is 0 Å². The van der Waals surface area contributed by atoms with Gasteiger partial charge in [0.15, 0.2) is 0 Å². The van der Waals surface area contributed by atoms with Gasteiger partial charge in [-0.2, -0.15) is 0 Å². The fraction of sp³-hybridized carbons (Fsp3) is 0.250. The molecular formula is C4H8LiNOS. The Bertz CT molecular complexity index is 94.0. The van der Waals surface area contributed by atoms with Gasteiger partial charge in [-0.25, -0.2) is 0 Å². The number of hydrogen-bond donors (Lipinski definition) is 2. The Balaban J connectivity index is 0. The summed E-state index contributed by atoms with van der Waals surface area (Å²) in [5.74, 6) is -0.0784. The van der Waals surface area contributed by atoms with Crippen LogP contribution in [0.4, 0.5) is 0 Å². The van der Waals surface area contributed by atoms with Crippen LogP contribution in [-0.4, -0.2) is 24.8 Å². The molecule has 0 aliphatic rings. The van der Waals surface area contributed by atoms with E-state index < -0.39 is 0 Å². The first kappa shape index (κ1) is 11.0. The van der Waals surface area contributed by atoms with Crippen LogP contribution in [0.15, 0.2) is 11.6 Å². The summed E-state index contributed by atoms with van der Waals surface area (Å²) in [5, 5.41) is 3.86. The first-order valence-electron chi connectivity index (χ1n) is 1.83. The van der Waals surface area contributed by atoms with Crippen LogP contribution in [0.1, 0.15) is 6.92 Å². The van der Waals surface area contributed by atoms with Gasteiger partial charge in [-0.05, 0) is 5.41 Å². The minimum atomic E-state index is -0.0784. The Labute approximate surface area is 66.3 Å². The predicted octanol–water partition coefficient (Wildman–Crippen LogP) is -0.125. The molecule has 0 aromatic rings. The minimum absolute atomic E-state index is 0. The monoisotopic (exact) mass is 125 g/mol. The molecule has 1 N–H and O–H groups in total. The maximum absolute atomic E-state index is 10.0. The van der Waals surface area contributed by atoms with Crippen LogP contribution in [0, 0.1) is 0 Å². The Kier molecular flexibility index (Phi) is 9.86. The van der Waals surface area contributed by atoms with Crippen molar-refractivity contribution in [2.45, 2.75) is 6.92 Å². The Morgan fingerprint density at radius 3 is 2.38 bits per heavy atom. The van der Waals surface area contributed by atoms with Crippen LogP contribution in [0.5, 0.6) is 0 Å². The van der Waals surface area contributed by atoms with Crippen molar-refractivity contribution in [3.63, 3.8) is 0 Å². The Morgan fingerprint density at radius 2 is 2.25 bits per heavy atom. The van der Waals surface area contributed by atoms with Crippen LogP contribution in [-0.2, 0) is 4.79 Å². The summed E-state index contributed by atoms with van der Waals surface area (Å²) in [7, 11) is 0. The standard InChI is InChI=1S/C4H7NOS.Li.H/c1-4(6)5-2-3-7;;/h2-3,7H,1H3,(H,5,6);;/b3-2-;;.